The third-order valence-corrected chi connectivity index (χ3v) is 3.41. The molecule has 0 saturated carbocycles. The second kappa shape index (κ2) is 8.84. The highest BCUT2D eigenvalue weighted by atomic mass is 35.5. The monoisotopic (exact) mass is 340 g/mol. The summed E-state index contributed by atoms with van der Waals surface area (Å²) in [5.74, 6) is 0.0578. The van der Waals surface area contributed by atoms with Crippen LogP contribution >= 0.6 is 12.4 Å². The number of nitrogens with zero attached hydrogens (tertiary/aromatic N) is 2. The minimum Gasteiger partial charge on any atom is -0.351 e. The Labute approximate surface area is 142 Å². The van der Waals surface area contributed by atoms with Gasteiger partial charge in [0.2, 0.25) is 0 Å². The van der Waals surface area contributed by atoms with Crippen LogP contribution in [-0.4, -0.2) is 35.7 Å². The van der Waals surface area contributed by atoms with Crippen molar-refractivity contribution in [3.05, 3.63) is 23.0 Å². The van der Waals surface area contributed by atoms with Crippen LogP contribution < -0.4 is 10.6 Å². The van der Waals surface area contributed by atoms with Crippen molar-refractivity contribution in [2.75, 3.05) is 19.6 Å². The zero-order valence-corrected chi connectivity index (χ0v) is 14.9. The van der Waals surface area contributed by atoms with Gasteiger partial charge in [0.15, 0.2) is 0 Å². The normalized spacial score (nSPS) is 10.8. The van der Waals surface area contributed by atoms with Gasteiger partial charge in [-0.25, -0.2) is 4.98 Å². The molecular weight excluding hydrogens is 316 g/mol. The summed E-state index contributed by atoms with van der Waals surface area (Å²) in [7, 11) is 0. The van der Waals surface area contributed by atoms with Crippen LogP contribution in [0.1, 0.15) is 54.9 Å². The number of aromatic nitrogens is 2. The summed E-state index contributed by atoms with van der Waals surface area (Å²) in [4.78, 5) is 16.8. The Hall–Kier alpha value is -1.66. The number of nitrogens with one attached hydrogen (secondary N) is 2. The number of fused-ring (bicyclic) bond motifs is 1. The molecule has 7 heteroatoms. The molecule has 0 fully saturated rings. The maximum atomic E-state index is 12.5. The van der Waals surface area contributed by atoms with E-state index in [2.05, 4.69) is 27.7 Å². The highest BCUT2D eigenvalue weighted by Gasteiger charge is 2.21. The molecule has 0 aliphatic rings. The third kappa shape index (κ3) is 4.65. The van der Waals surface area contributed by atoms with Gasteiger partial charge in [-0.1, -0.05) is 25.9 Å². The fourth-order valence-corrected chi connectivity index (χ4v) is 2.33. The Morgan fingerprint density at radius 2 is 2.04 bits per heavy atom. The molecule has 2 rings (SSSR count). The number of rotatable bonds is 7. The Morgan fingerprint density at radius 1 is 1.30 bits per heavy atom. The number of aryl methyl sites for hydroxylation is 1. The summed E-state index contributed by atoms with van der Waals surface area (Å²) < 4.78 is 5.29. The van der Waals surface area contributed by atoms with Crippen LogP contribution in [0.3, 0.4) is 0 Å². The lowest BCUT2D eigenvalue weighted by molar-refractivity contribution is 0.0955. The Kier molecular flexibility index (Phi) is 7.45. The average Bonchev–Trinajstić information content (AvgIpc) is 2.89. The summed E-state index contributed by atoms with van der Waals surface area (Å²) in [6, 6.07) is 1.79. The number of hydrogen-bond acceptors (Lipinski definition) is 5. The smallest absolute Gasteiger partial charge is 0.259 e. The van der Waals surface area contributed by atoms with E-state index in [-0.39, 0.29) is 24.2 Å². The molecule has 0 aliphatic heterocycles. The molecule has 0 aromatic carbocycles. The van der Waals surface area contributed by atoms with Gasteiger partial charge in [-0.3, -0.25) is 4.79 Å². The minimum absolute atomic E-state index is 0. The van der Waals surface area contributed by atoms with E-state index in [4.69, 9.17) is 4.52 Å². The number of carbonyl (C=O) groups excluding carboxylic acids is 1. The molecule has 2 aromatic heterocycles. The average molecular weight is 341 g/mol. The lowest BCUT2D eigenvalue weighted by Gasteiger charge is -2.08. The van der Waals surface area contributed by atoms with Crippen molar-refractivity contribution in [1.29, 1.82) is 0 Å². The molecule has 6 nitrogen and oxygen atoms in total. The molecule has 0 saturated heterocycles. The summed E-state index contributed by atoms with van der Waals surface area (Å²) in [6.45, 7) is 10.3. The molecule has 23 heavy (non-hydrogen) atoms. The number of carbonyl (C=O) groups is 1. The van der Waals surface area contributed by atoms with Gasteiger partial charge >= 0.3 is 0 Å². The van der Waals surface area contributed by atoms with Crippen LogP contribution in [0.2, 0.25) is 0 Å². The number of amides is 1. The van der Waals surface area contributed by atoms with Gasteiger partial charge in [0.25, 0.3) is 11.6 Å². The molecule has 0 radical (unpaired) electrons. The first-order valence-electron chi connectivity index (χ1n) is 7.80. The van der Waals surface area contributed by atoms with Gasteiger partial charge in [-0.05, 0) is 31.9 Å². The van der Waals surface area contributed by atoms with Crippen LogP contribution in [0.5, 0.6) is 0 Å². The fraction of sp³-hybridized carbons (Fsp3) is 0.562. The van der Waals surface area contributed by atoms with Gasteiger partial charge in [-0.15, -0.1) is 12.4 Å². The summed E-state index contributed by atoms with van der Waals surface area (Å²) in [5, 5.41) is 11.0. The number of hydrogen-bond donors (Lipinski definition) is 2. The van der Waals surface area contributed by atoms with Crippen LogP contribution in [0, 0.1) is 6.92 Å². The second-order valence-electron chi connectivity index (χ2n) is 5.72. The van der Waals surface area contributed by atoms with Gasteiger partial charge in [-0.2, -0.15) is 0 Å². The fourth-order valence-electron chi connectivity index (χ4n) is 2.33. The third-order valence-electron chi connectivity index (χ3n) is 3.41. The predicted molar refractivity (Wildman–Crippen MR) is 93.4 cm³/mol. The highest BCUT2D eigenvalue weighted by Crippen LogP contribution is 2.27. The van der Waals surface area contributed by atoms with E-state index in [9.17, 15) is 4.79 Å². The molecule has 2 heterocycles. The number of pyridine rings is 1. The van der Waals surface area contributed by atoms with Crippen molar-refractivity contribution in [2.45, 2.75) is 40.0 Å². The van der Waals surface area contributed by atoms with Crippen molar-refractivity contribution >= 4 is 29.4 Å². The van der Waals surface area contributed by atoms with E-state index in [1.54, 1.807) is 6.07 Å². The first kappa shape index (κ1) is 19.4. The van der Waals surface area contributed by atoms with E-state index in [1.165, 1.54) is 0 Å². The first-order chi connectivity index (χ1) is 10.5. The van der Waals surface area contributed by atoms with E-state index < -0.39 is 0 Å². The summed E-state index contributed by atoms with van der Waals surface area (Å²) >= 11 is 0. The van der Waals surface area contributed by atoms with Crippen LogP contribution in [0.15, 0.2) is 10.6 Å². The maximum absolute atomic E-state index is 12.5. The van der Waals surface area contributed by atoms with Crippen LogP contribution in [0.4, 0.5) is 0 Å². The van der Waals surface area contributed by atoms with E-state index in [0.29, 0.717) is 17.8 Å². The summed E-state index contributed by atoms with van der Waals surface area (Å²) in [5.41, 5.74) is 2.53. The highest BCUT2D eigenvalue weighted by molar-refractivity contribution is 6.06. The predicted octanol–water partition coefficient (Wildman–Crippen LogP) is 2.81. The van der Waals surface area contributed by atoms with Crippen molar-refractivity contribution in [3.8, 4) is 0 Å². The second-order valence-corrected chi connectivity index (χ2v) is 5.72. The van der Waals surface area contributed by atoms with Crippen LogP contribution in [0.25, 0.3) is 11.1 Å². The molecule has 1 amide bonds. The molecule has 0 spiro atoms. The first-order valence-corrected chi connectivity index (χ1v) is 7.80. The van der Waals surface area contributed by atoms with Crippen molar-refractivity contribution in [1.82, 2.24) is 20.8 Å². The topological polar surface area (TPSA) is 80.0 Å². The lowest BCUT2D eigenvalue weighted by Crippen LogP contribution is -2.32. The van der Waals surface area contributed by atoms with E-state index in [1.807, 2.05) is 20.8 Å². The SMILES string of the molecule is CCCNCCNC(=O)c1cc(C)nc2onc(C(C)C)c12.Cl. The zero-order valence-electron chi connectivity index (χ0n) is 14.1. The zero-order chi connectivity index (χ0) is 16.1. The molecule has 2 aromatic rings. The minimum atomic E-state index is -0.112. The van der Waals surface area contributed by atoms with Gasteiger partial charge in [0.1, 0.15) is 0 Å². The maximum Gasteiger partial charge on any atom is 0.259 e. The molecular formula is C16H25ClN4O2. The molecule has 0 bridgehead atoms. The Morgan fingerprint density at radius 3 is 2.70 bits per heavy atom. The van der Waals surface area contributed by atoms with Gasteiger partial charge in [0.05, 0.1) is 16.6 Å². The molecule has 0 aliphatic carbocycles. The van der Waals surface area contributed by atoms with Crippen LogP contribution in [-0.2, 0) is 0 Å². The standard InChI is InChI=1S/C16H24N4O2.ClH/c1-5-6-17-7-8-18-15(21)12-9-11(4)19-16-13(12)14(10(2)3)20-22-16;/h9-10,17H,5-8H2,1-4H3,(H,18,21);1H. The lowest BCUT2D eigenvalue weighted by atomic mass is 10.0. The number of halogens is 1. The van der Waals surface area contributed by atoms with Crippen molar-refractivity contribution < 1.29 is 9.32 Å². The Bertz CT molecular complexity index is 655. The van der Waals surface area contributed by atoms with E-state index >= 15 is 0 Å². The largest absolute Gasteiger partial charge is 0.351 e. The van der Waals surface area contributed by atoms with Crippen molar-refractivity contribution in [2.24, 2.45) is 0 Å². The Balaban J connectivity index is 0.00000264. The quantitative estimate of drug-likeness (QED) is 0.757. The van der Waals surface area contributed by atoms with Crippen molar-refractivity contribution in [3.63, 3.8) is 0 Å². The molecule has 2 N–H and O–H groups in total. The molecule has 128 valence electrons. The van der Waals surface area contributed by atoms with Gasteiger partial charge in [0, 0.05) is 18.8 Å². The molecule has 0 unspecified atom stereocenters. The van der Waals surface area contributed by atoms with E-state index in [0.717, 1.165) is 36.3 Å². The van der Waals surface area contributed by atoms with Gasteiger partial charge < -0.3 is 15.2 Å². The summed E-state index contributed by atoms with van der Waals surface area (Å²) in [6.07, 6.45) is 1.08. The molecule has 0 atom stereocenters.